The number of nitrogens with one attached hydrogen (secondary N) is 1. The summed E-state index contributed by atoms with van der Waals surface area (Å²) in [5, 5.41) is 11.8. The van der Waals surface area contributed by atoms with Gasteiger partial charge in [0.15, 0.2) is 6.19 Å². The maximum Gasteiger partial charge on any atom is 0.253 e. The lowest BCUT2D eigenvalue weighted by Gasteiger charge is -2.31. The Hall–Kier alpha value is -2.82. The number of likely N-dealkylation sites (tertiary alicyclic amines) is 1. The van der Waals surface area contributed by atoms with E-state index in [0.717, 1.165) is 38.2 Å². The van der Waals surface area contributed by atoms with Crippen molar-refractivity contribution in [2.75, 3.05) is 31.1 Å². The van der Waals surface area contributed by atoms with Gasteiger partial charge in [0, 0.05) is 44.3 Å². The summed E-state index contributed by atoms with van der Waals surface area (Å²) in [6, 6.07) is 3.59. The molecule has 2 amide bonds. The second kappa shape index (κ2) is 7.38. The third-order valence-corrected chi connectivity index (χ3v) is 4.90. The number of pyridine rings is 1. The summed E-state index contributed by atoms with van der Waals surface area (Å²) in [5.41, 5.74) is 5.86. The van der Waals surface area contributed by atoms with E-state index >= 15 is 0 Å². The molecule has 0 unspecified atom stereocenters. The number of aromatic nitrogens is 1. The van der Waals surface area contributed by atoms with Crippen molar-refractivity contribution in [3.8, 4) is 6.19 Å². The minimum atomic E-state index is -0.235. The normalized spacial score (nSPS) is 21.0. The van der Waals surface area contributed by atoms with Crippen LogP contribution in [-0.4, -0.2) is 53.9 Å². The van der Waals surface area contributed by atoms with E-state index in [4.69, 9.17) is 11.0 Å². The number of piperidine rings is 1. The summed E-state index contributed by atoms with van der Waals surface area (Å²) in [6.45, 7) is 2.71. The predicted molar refractivity (Wildman–Crippen MR) is 91.4 cm³/mol. The van der Waals surface area contributed by atoms with Crippen molar-refractivity contribution in [1.29, 1.82) is 5.26 Å². The van der Waals surface area contributed by atoms with Crippen LogP contribution in [0.15, 0.2) is 18.3 Å². The zero-order valence-electron chi connectivity index (χ0n) is 14.0. The molecule has 2 fully saturated rings. The number of carbonyl (C=O) groups excluding carboxylic acids is 2. The number of primary amides is 1. The fraction of sp³-hybridized carbons (Fsp3) is 0.529. The predicted octanol–water partition coefficient (Wildman–Crippen LogP) is 0.0685. The molecule has 1 aromatic rings. The number of hydrogen-bond donors (Lipinski definition) is 2. The smallest absolute Gasteiger partial charge is 0.253 e. The molecule has 0 radical (unpaired) electrons. The zero-order chi connectivity index (χ0) is 17.8. The van der Waals surface area contributed by atoms with Crippen molar-refractivity contribution in [2.45, 2.75) is 25.3 Å². The summed E-state index contributed by atoms with van der Waals surface area (Å²) in [6.07, 6.45) is 5.91. The van der Waals surface area contributed by atoms with Gasteiger partial charge in [-0.1, -0.05) is 0 Å². The van der Waals surface area contributed by atoms with Gasteiger partial charge in [-0.15, -0.1) is 0 Å². The van der Waals surface area contributed by atoms with E-state index in [1.807, 2.05) is 6.07 Å². The van der Waals surface area contributed by atoms with Gasteiger partial charge in [-0.2, -0.15) is 5.26 Å². The first-order valence-corrected chi connectivity index (χ1v) is 8.52. The van der Waals surface area contributed by atoms with Crippen LogP contribution >= 0.6 is 0 Å². The second-order valence-electron chi connectivity index (χ2n) is 6.57. The highest BCUT2D eigenvalue weighted by Crippen LogP contribution is 2.21. The molecule has 2 saturated heterocycles. The molecule has 1 aromatic heterocycles. The maximum absolute atomic E-state index is 12.3. The Kier molecular flexibility index (Phi) is 5.03. The van der Waals surface area contributed by atoms with Crippen LogP contribution in [-0.2, 0) is 4.79 Å². The van der Waals surface area contributed by atoms with E-state index in [0.29, 0.717) is 18.7 Å². The van der Waals surface area contributed by atoms with Crippen molar-refractivity contribution in [1.82, 2.24) is 15.2 Å². The van der Waals surface area contributed by atoms with Crippen LogP contribution in [0.5, 0.6) is 0 Å². The number of anilines is 1. The number of nitriles is 1. The number of amides is 2. The van der Waals surface area contributed by atoms with Crippen molar-refractivity contribution in [2.24, 2.45) is 11.7 Å². The van der Waals surface area contributed by atoms with Crippen molar-refractivity contribution < 1.29 is 9.59 Å². The first-order chi connectivity index (χ1) is 12.1. The first kappa shape index (κ1) is 17.0. The molecule has 0 saturated carbocycles. The lowest BCUT2D eigenvalue weighted by Crippen LogP contribution is -2.39. The summed E-state index contributed by atoms with van der Waals surface area (Å²) in [5.74, 6) is 0.342. The van der Waals surface area contributed by atoms with Crippen molar-refractivity contribution in [3.63, 3.8) is 0 Å². The quantitative estimate of drug-likeness (QED) is 0.748. The van der Waals surface area contributed by atoms with Gasteiger partial charge in [-0.05, 0) is 31.4 Å². The van der Waals surface area contributed by atoms with Crippen molar-refractivity contribution >= 4 is 17.6 Å². The van der Waals surface area contributed by atoms with Crippen LogP contribution in [0.2, 0.25) is 0 Å². The number of nitrogens with zero attached hydrogens (tertiary/aromatic N) is 4. The molecule has 0 bridgehead atoms. The molecule has 0 aromatic carbocycles. The molecule has 3 heterocycles. The molecule has 8 nitrogen and oxygen atoms in total. The highest BCUT2D eigenvalue weighted by Gasteiger charge is 2.25. The second-order valence-corrected chi connectivity index (χ2v) is 6.57. The Balaban J connectivity index is 1.55. The monoisotopic (exact) mass is 342 g/mol. The van der Waals surface area contributed by atoms with Crippen LogP contribution in [0.4, 0.5) is 5.82 Å². The van der Waals surface area contributed by atoms with Gasteiger partial charge in [0.05, 0.1) is 5.56 Å². The Morgan fingerprint density at radius 3 is 2.56 bits per heavy atom. The third-order valence-electron chi connectivity index (χ3n) is 4.90. The average molecular weight is 342 g/mol. The van der Waals surface area contributed by atoms with E-state index < -0.39 is 0 Å². The third kappa shape index (κ3) is 3.99. The maximum atomic E-state index is 12.3. The number of carbonyl (C=O) groups is 2. The molecule has 2 aliphatic rings. The van der Waals surface area contributed by atoms with Gasteiger partial charge in [-0.25, -0.2) is 4.98 Å². The first-order valence-electron chi connectivity index (χ1n) is 8.52. The molecule has 2 aliphatic heterocycles. The van der Waals surface area contributed by atoms with Crippen LogP contribution in [0, 0.1) is 17.4 Å². The van der Waals surface area contributed by atoms with Crippen LogP contribution in [0.25, 0.3) is 0 Å². The summed E-state index contributed by atoms with van der Waals surface area (Å²) >= 11 is 0. The van der Waals surface area contributed by atoms with Crippen LogP contribution in [0.3, 0.4) is 0 Å². The SMILES string of the molecule is N#CN1CC[C@@H](NC(=O)c2ccc(N3CCC(C(N)=O)CC3)nc2)C1. The Morgan fingerprint density at radius 1 is 1.24 bits per heavy atom. The topological polar surface area (TPSA) is 115 Å². The minimum Gasteiger partial charge on any atom is -0.369 e. The lowest BCUT2D eigenvalue weighted by molar-refractivity contribution is -0.122. The summed E-state index contributed by atoms with van der Waals surface area (Å²) in [4.78, 5) is 31.6. The lowest BCUT2D eigenvalue weighted by atomic mass is 9.96. The van der Waals surface area contributed by atoms with E-state index in [9.17, 15) is 9.59 Å². The molecule has 25 heavy (non-hydrogen) atoms. The Labute approximate surface area is 146 Å². The van der Waals surface area contributed by atoms with Crippen LogP contribution < -0.4 is 16.0 Å². The number of nitrogens with two attached hydrogens (primary N) is 1. The largest absolute Gasteiger partial charge is 0.369 e. The standard InChI is InChI=1S/C17H22N6O2/c18-11-22-6-5-14(10-22)21-17(25)13-1-2-15(20-9-13)23-7-3-12(4-8-23)16(19)24/h1-2,9,12,14H,3-8,10H2,(H2,19,24)(H,21,25)/t14-/m1/s1. The van der Waals surface area contributed by atoms with Gasteiger partial charge in [-0.3, -0.25) is 9.59 Å². The van der Waals surface area contributed by atoms with Crippen LogP contribution in [0.1, 0.15) is 29.6 Å². The van der Waals surface area contributed by atoms with Gasteiger partial charge < -0.3 is 20.9 Å². The Bertz CT molecular complexity index is 675. The van der Waals surface area contributed by atoms with E-state index in [1.165, 1.54) is 0 Å². The molecule has 0 aliphatic carbocycles. The van der Waals surface area contributed by atoms with Gasteiger partial charge in [0.1, 0.15) is 5.82 Å². The fourth-order valence-corrected chi connectivity index (χ4v) is 3.34. The number of hydrogen-bond acceptors (Lipinski definition) is 6. The van der Waals surface area contributed by atoms with E-state index in [-0.39, 0.29) is 23.8 Å². The molecule has 3 rings (SSSR count). The fourth-order valence-electron chi connectivity index (χ4n) is 3.34. The summed E-state index contributed by atoms with van der Waals surface area (Å²) < 4.78 is 0. The Morgan fingerprint density at radius 2 is 2.00 bits per heavy atom. The van der Waals surface area contributed by atoms with E-state index in [2.05, 4.69) is 21.4 Å². The molecule has 3 N–H and O–H groups in total. The molecule has 8 heteroatoms. The average Bonchev–Trinajstić information content (AvgIpc) is 3.09. The highest BCUT2D eigenvalue weighted by molar-refractivity contribution is 5.94. The zero-order valence-corrected chi connectivity index (χ0v) is 14.0. The minimum absolute atomic E-state index is 0.000320. The summed E-state index contributed by atoms with van der Waals surface area (Å²) in [7, 11) is 0. The molecule has 132 valence electrons. The molecule has 1 atom stereocenters. The molecule has 0 spiro atoms. The van der Waals surface area contributed by atoms with Crippen molar-refractivity contribution in [3.05, 3.63) is 23.9 Å². The van der Waals surface area contributed by atoms with E-state index in [1.54, 1.807) is 17.2 Å². The molecular weight excluding hydrogens is 320 g/mol. The number of rotatable bonds is 4. The van der Waals surface area contributed by atoms with Gasteiger partial charge in [0.2, 0.25) is 5.91 Å². The highest BCUT2D eigenvalue weighted by atomic mass is 16.2. The van der Waals surface area contributed by atoms with Gasteiger partial charge in [0.25, 0.3) is 5.91 Å². The van der Waals surface area contributed by atoms with Gasteiger partial charge >= 0.3 is 0 Å². The molecular formula is C17H22N6O2.